The molecule has 49 heavy (non-hydrogen) atoms. The van der Waals surface area contributed by atoms with Gasteiger partial charge in [-0.15, -0.1) is 34.8 Å². The van der Waals surface area contributed by atoms with Crippen LogP contribution in [0.1, 0.15) is 5.56 Å². The average molecular weight is 809 g/mol. The van der Waals surface area contributed by atoms with E-state index >= 15 is 0 Å². The first kappa shape index (κ1) is 29.4. The number of rotatable bonds is 4. The van der Waals surface area contributed by atoms with Gasteiger partial charge in [-0.25, -0.2) is 9.97 Å². The number of fused-ring (bicyclic) bond motifs is 7. The van der Waals surface area contributed by atoms with Crippen molar-refractivity contribution in [3.8, 4) is 34.0 Å². The molecule has 10 aromatic rings. The number of imidazole rings is 1. The smallest absolute Gasteiger partial charge is 0.656 e. The summed E-state index contributed by atoms with van der Waals surface area (Å²) in [5.41, 5.74) is 11.2. The van der Waals surface area contributed by atoms with Gasteiger partial charge in [0.05, 0.1) is 11.0 Å². The zero-order valence-electron chi connectivity index (χ0n) is 26.4. The predicted molar refractivity (Wildman–Crippen MR) is 196 cm³/mol. The van der Waals surface area contributed by atoms with Crippen LogP contribution in [0.2, 0.25) is 0 Å². The minimum atomic E-state index is 0. The number of aromatic nitrogens is 5. The number of pyridine rings is 1. The molecule has 0 saturated heterocycles. The third kappa shape index (κ3) is 4.43. The summed E-state index contributed by atoms with van der Waals surface area (Å²) in [5, 5.41) is 4.60. The summed E-state index contributed by atoms with van der Waals surface area (Å²) in [4.78, 5) is 15.4. The van der Waals surface area contributed by atoms with Crippen molar-refractivity contribution in [1.82, 2.24) is 24.1 Å². The van der Waals surface area contributed by atoms with Crippen molar-refractivity contribution in [3.63, 3.8) is 0 Å². The molecule has 0 saturated carbocycles. The van der Waals surface area contributed by atoms with E-state index in [1.54, 1.807) is 0 Å². The summed E-state index contributed by atoms with van der Waals surface area (Å²) in [7, 11) is 0. The maximum absolute atomic E-state index is 5.50. The van der Waals surface area contributed by atoms with E-state index in [0.717, 1.165) is 88.8 Å². The predicted octanol–water partition coefficient (Wildman–Crippen LogP) is 10.2. The third-order valence-electron chi connectivity index (χ3n) is 9.48. The van der Waals surface area contributed by atoms with E-state index in [-0.39, 0.29) is 21.1 Å². The van der Waals surface area contributed by atoms with Crippen molar-refractivity contribution in [2.45, 2.75) is 6.92 Å². The van der Waals surface area contributed by atoms with Crippen molar-refractivity contribution in [2.24, 2.45) is 0 Å². The van der Waals surface area contributed by atoms with Gasteiger partial charge in [-0.1, -0.05) is 108 Å². The maximum atomic E-state index is 5.50. The summed E-state index contributed by atoms with van der Waals surface area (Å²) < 4.78 is 4.51. The first-order valence-corrected chi connectivity index (χ1v) is 16.1. The van der Waals surface area contributed by atoms with E-state index in [4.69, 9.17) is 15.0 Å². The molecular formula is C43H27N5Pt. The van der Waals surface area contributed by atoms with Gasteiger partial charge in [-0.2, -0.15) is 0 Å². The minimum absolute atomic E-state index is 0. The number of para-hydroxylation sites is 4. The Kier molecular flexibility index (Phi) is 6.85. The molecule has 6 heteroatoms. The van der Waals surface area contributed by atoms with Crippen LogP contribution < -0.4 is 4.98 Å². The molecular weight excluding hydrogens is 782 g/mol. The number of aryl methyl sites for hydroxylation is 1. The summed E-state index contributed by atoms with van der Waals surface area (Å²) in [6.45, 7) is 2.17. The molecule has 0 aliphatic carbocycles. The molecule has 0 fully saturated rings. The van der Waals surface area contributed by atoms with Crippen molar-refractivity contribution in [3.05, 3.63) is 157 Å². The molecule has 0 unspecified atom stereocenters. The molecule has 0 N–H and O–H groups in total. The summed E-state index contributed by atoms with van der Waals surface area (Å²) in [5.74, 6) is 1.73. The SMILES string of the molecule is Cc1ccc(-c2[c-]c3c(cc2)c2ccccc2n3-c2ccccn2)c2nc(-c3cccc4c3[n-]c3ccccc34)n(-c3ccccc3)c12.[Pt+2]. The van der Waals surface area contributed by atoms with Crippen LogP contribution in [0.3, 0.4) is 0 Å². The van der Waals surface area contributed by atoms with Gasteiger partial charge in [-0.05, 0) is 64.5 Å². The van der Waals surface area contributed by atoms with Gasteiger partial charge in [0, 0.05) is 23.0 Å². The van der Waals surface area contributed by atoms with Gasteiger partial charge in [-0.3, -0.25) is 4.57 Å². The van der Waals surface area contributed by atoms with E-state index < -0.39 is 0 Å². The van der Waals surface area contributed by atoms with E-state index in [2.05, 4.69) is 137 Å². The van der Waals surface area contributed by atoms with Crippen LogP contribution in [0, 0.1) is 13.0 Å². The first-order chi connectivity index (χ1) is 23.7. The molecule has 5 nitrogen and oxygen atoms in total. The zero-order valence-corrected chi connectivity index (χ0v) is 28.7. The fourth-order valence-corrected chi connectivity index (χ4v) is 7.32. The Morgan fingerprint density at radius 3 is 2.24 bits per heavy atom. The third-order valence-corrected chi connectivity index (χ3v) is 9.48. The fourth-order valence-electron chi connectivity index (χ4n) is 7.32. The molecule has 0 aliphatic rings. The Hall–Kier alpha value is -5.77. The molecule has 6 aromatic carbocycles. The molecule has 4 heterocycles. The molecule has 234 valence electrons. The van der Waals surface area contributed by atoms with Gasteiger partial charge >= 0.3 is 21.1 Å². The molecule has 0 amide bonds. The van der Waals surface area contributed by atoms with Crippen LogP contribution in [0.15, 0.2) is 146 Å². The Bertz CT molecular complexity index is 2840. The standard InChI is InChI=1S/C43H27N5.Pt/c1-27-21-23-30(28-22-24-33-32-15-6-8-19-37(32)48(38(33)26-28)39-20-9-10-25-44-39)41-42(27)47(29-12-3-2-4-13-29)43(46-41)35-17-11-16-34-31-14-5-7-18-36(31)45-40(34)35;/h2-25H,1H3;/q-2;+2. The summed E-state index contributed by atoms with van der Waals surface area (Å²) in [6.07, 6.45) is 1.84. The van der Waals surface area contributed by atoms with Crippen LogP contribution >= 0.6 is 0 Å². The second-order valence-electron chi connectivity index (χ2n) is 12.2. The second-order valence-corrected chi connectivity index (χ2v) is 12.2. The van der Waals surface area contributed by atoms with Gasteiger partial charge in [0.15, 0.2) is 0 Å². The average Bonchev–Trinajstić information content (AvgIpc) is 3.83. The van der Waals surface area contributed by atoms with Crippen molar-refractivity contribution >= 4 is 54.6 Å². The van der Waals surface area contributed by atoms with Gasteiger partial charge in [0.25, 0.3) is 0 Å². The van der Waals surface area contributed by atoms with E-state index in [9.17, 15) is 0 Å². The van der Waals surface area contributed by atoms with Crippen LogP contribution in [0.4, 0.5) is 0 Å². The quantitative estimate of drug-likeness (QED) is 0.167. The van der Waals surface area contributed by atoms with Crippen molar-refractivity contribution in [2.75, 3.05) is 0 Å². The normalized spacial score (nSPS) is 11.6. The second kappa shape index (κ2) is 11.4. The largest absolute Gasteiger partial charge is 2.00 e. The van der Waals surface area contributed by atoms with Gasteiger partial charge in [0.1, 0.15) is 11.6 Å². The van der Waals surface area contributed by atoms with Crippen LogP contribution in [0.25, 0.3) is 88.7 Å². The summed E-state index contributed by atoms with van der Waals surface area (Å²) in [6, 6.07) is 52.4. The molecule has 0 bridgehead atoms. The van der Waals surface area contributed by atoms with Crippen molar-refractivity contribution < 1.29 is 21.1 Å². The Balaban J connectivity index is 0.00000325. The molecule has 0 radical (unpaired) electrons. The van der Waals surface area contributed by atoms with Crippen LogP contribution in [-0.2, 0) is 21.1 Å². The van der Waals surface area contributed by atoms with E-state index in [1.807, 2.05) is 30.5 Å². The Morgan fingerprint density at radius 1 is 0.612 bits per heavy atom. The van der Waals surface area contributed by atoms with Crippen molar-refractivity contribution in [1.29, 1.82) is 0 Å². The number of nitrogens with zero attached hydrogens (tertiary/aromatic N) is 5. The van der Waals surface area contributed by atoms with E-state index in [1.165, 1.54) is 5.39 Å². The van der Waals surface area contributed by atoms with Gasteiger partial charge in [0.2, 0.25) is 0 Å². The summed E-state index contributed by atoms with van der Waals surface area (Å²) >= 11 is 0. The molecule has 0 atom stereocenters. The van der Waals surface area contributed by atoms with Crippen LogP contribution in [-0.4, -0.2) is 19.1 Å². The first-order valence-electron chi connectivity index (χ1n) is 16.1. The van der Waals surface area contributed by atoms with Gasteiger partial charge < -0.3 is 9.55 Å². The number of hydrogen-bond acceptors (Lipinski definition) is 2. The number of benzene rings is 6. The topological polar surface area (TPSA) is 49.7 Å². The monoisotopic (exact) mass is 808 g/mol. The molecule has 4 aromatic heterocycles. The maximum Gasteiger partial charge on any atom is 2.00 e. The Morgan fingerprint density at radius 2 is 1.39 bits per heavy atom. The molecule has 10 rings (SSSR count). The zero-order chi connectivity index (χ0) is 31.8. The number of hydrogen-bond donors (Lipinski definition) is 0. The Labute approximate surface area is 296 Å². The van der Waals surface area contributed by atoms with E-state index in [0.29, 0.717) is 0 Å². The van der Waals surface area contributed by atoms with Crippen LogP contribution in [0.5, 0.6) is 0 Å². The molecule has 0 aliphatic heterocycles. The fraction of sp³-hybridized carbons (Fsp3) is 0.0233. The molecule has 0 spiro atoms. The minimum Gasteiger partial charge on any atom is -0.656 e.